The van der Waals surface area contributed by atoms with E-state index in [0.717, 1.165) is 21.9 Å². The van der Waals surface area contributed by atoms with Crippen molar-refractivity contribution in [1.29, 1.82) is 0 Å². The van der Waals surface area contributed by atoms with Crippen molar-refractivity contribution in [2.45, 2.75) is 24.5 Å². The molecule has 24 heavy (non-hydrogen) atoms. The van der Waals surface area contributed by atoms with E-state index < -0.39 is 0 Å². The summed E-state index contributed by atoms with van der Waals surface area (Å²) in [5.74, 6) is 0.809. The number of amides is 1. The SMILES string of the molecule is Cc1ccc(NC(=O)c2ccccc2SCc2ccsc2)cc1C. The van der Waals surface area contributed by atoms with Crippen molar-refractivity contribution in [2.75, 3.05) is 5.32 Å². The molecule has 1 aromatic heterocycles. The summed E-state index contributed by atoms with van der Waals surface area (Å²) in [7, 11) is 0. The van der Waals surface area contributed by atoms with Crippen molar-refractivity contribution in [3.05, 3.63) is 81.5 Å². The van der Waals surface area contributed by atoms with E-state index in [1.54, 1.807) is 23.1 Å². The minimum atomic E-state index is -0.0633. The predicted molar refractivity (Wildman–Crippen MR) is 104 cm³/mol. The molecular weight excluding hydrogens is 334 g/mol. The van der Waals surface area contributed by atoms with Crippen LogP contribution in [-0.4, -0.2) is 5.91 Å². The molecule has 0 spiro atoms. The van der Waals surface area contributed by atoms with Crippen LogP contribution in [0.4, 0.5) is 5.69 Å². The lowest BCUT2D eigenvalue weighted by Crippen LogP contribution is -2.13. The van der Waals surface area contributed by atoms with Gasteiger partial charge in [-0.3, -0.25) is 4.79 Å². The molecule has 2 nitrogen and oxygen atoms in total. The van der Waals surface area contributed by atoms with E-state index in [4.69, 9.17) is 0 Å². The molecule has 0 fully saturated rings. The van der Waals surface area contributed by atoms with Gasteiger partial charge in [0.15, 0.2) is 0 Å². The Hall–Kier alpha value is -2.04. The summed E-state index contributed by atoms with van der Waals surface area (Å²) in [4.78, 5) is 13.7. The fourth-order valence-corrected chi connectivity index (χ4v) is 4.10. The van der Waals surface area contributed by atoms with E-state index in [2.05, 4.69) is 36.0 Å². The van der Waals surface area contributed by atoms with Gasteiger partial charge in [0.25, 0.3) is 5.91 Å². The van der Waals surface area contributed by atoms with Crippen molar-refractivity contribution in [3.63, 3.8) is 0 Å². The Balaban J connectivity index is 1.75. The normalized spacial score (nSPS) is 10.6. The molecule has 1 heterocycles. The van der Waals surface area contributed by atoms with Crippen molar-refractivity contribution < 1.29 is 4.79 Å². The molecule has 0 aliphatic heterocycles. The number of thioether (sulfide) groups is 1. The van der Waals surface area contributed by atoms with Gasteiger partial charge in [0.2, 0.25) is 0 Å². The molecule has 122 valence electrons. The predicted octanol–water partition coefficient (Wildman–Crippen LogP) is 5.91. The third kappa shape index (κ3) is 4.08. The van der Waals surface area contributed by atoms with E-state index in [1.807, 2.05) is 42.5 Å². The number of carbonyl (C=O) groups excluding carboxylic acids is 1. The van der Waals surface area contributed by atoms with Gasteiger partial charge in [-0.25, -0.2) is 0 Å². The molecule has 0 unspecified atom stereocenters. The van der Waals surface area contributed by atoms with Crippen molar-refractivity contribution in [2.24, 2.45) is 0 Å². The zero-order valence-electron chi connectivity index (χ0n) is 13.7. The summed E-state index contributed by atoms with van der Waals surface area (Å²) in [5.41, 5.74) is 5.23. The lowest BCUT2D eigenvalue weighted by atomic mass is 10.1. The van der Waals surface area contributed by atoms with Crippen LogP contribution in [0.15, 0.2) is 64.2 Å². The number of nitrogens with one attached hydrogen (secondary N) is 1. The van der Waals surface area contributed by atoms with Crippen LogP contribution in [0.2, 0.25) is 0 Å². The van der Waals surface area contributed by atoms with E-state index in [0.29, 0.717) is 0 Å². The highest BCUT2D eigenvalue weighted by Crippen LogP contribution is 2.28. The van der Waals surface area contributed by atoms with Gasteiger partial charge < -0.3 is 5.32 Å². The molecule has 1 amide bonds. The van der Waals surface area contributed by atoms with Crippen LogP contribution in [0, 0.1) is 13.8 Å². The summed E-state index contributed by atoms with van der Waals surface area (Å²) in [6.07, 6.45) is 0. The molecule has 3 aromatic rings. The second-order valence-electron chi connectivity index (χ2n) is 5.67. The first kappa shape index (κ1) is 16.8. The molecule has 4 heteroatoms. The zero-order valence-corrected chi connectivity index (χ0v) is 15.3. The number of rotatable bonds is 5. The van der Waals surface area contributed by atoms with Crippen molar-refractivity contribution >= 4 is 34.7 Å². The Labute approximate surface area is 150 Å². The highest BCUT2D eigenvalue weighted by atomic mass is 32.2. The second-order valence-corrected chi connectivity index (χ2v) is 7.47. The van der Waals surface area contributed by atoms with E-state index in [9.17, 15) is 4.79 Å². The maximum Gasteiger partial charge on any atom is 0.256 e. The van der Waals surface area contributed by atoms with Crippen LogP contribution in [0.5, 0.6) is 0 Å². The third-order valence-electron chi connectivity index (χ3n) is 3.87. The Bertz CT molecular complexity index is 841. The zero-order chi connectivity index (χ0) is 16.9. The van der Waals surface area contributed by atoms with Gasteiger partial charge in [-0.1, -0.05) is 18.2 Å². The van der Waals surface area contributed by atoms with Gasteiger partial charge in [0.1, 0.15) is 0 Å². The standard InChI is InChI=1S/C20H19NOS2/c1-14-7-8-17(11-15(14)2)21-20(22)18-5-3-4-6-19(18)24-13-16-9-10-23-12-16/h3-12H,13H2,1-2H3,(H,21,22). The molecular formula is C20H19NOS2. The summed E-state index contributed by atoms with van der Waals surface area (Å²) in [5, 5.41) is 7.23. The molecule has 0 aliphatic carbocycles. The smallest absolute Gasteiger partial charge is 0.256 e. The van der Waals surface area contributed by atoms with Crippen LogP contribution >= 0.6 is 23.1 Å². The van der Waals surface area contributed by atoms with E-state index >= 15 is 0 Å². The molecule has 3 rings (SSSR count). The molecule has 0 radical (unpaired) electrons. The number of benzene rings is 2. The summed E-state index contributed by atoms with van der Waals surface area (Å²) >= 11 is 3.39. The monoisotopic (exact) mass is 353 g/mol. The Morgan fingerprint density at radius 3 is 2.67 bits per heavy atom. The lowest BCUT2D eigenvalue weighted by Gasteiger charge is -2.11. The molecule has 0 atom stereocenters. The lowest BCUT2D eigenvalue weighted by molar-refractivity contribution is 0.102. The number of carbonyl (C=O) groups is 1. The summed E-state index contributed by atoms with van der Waals surface area (Å²) in [6.45, 7) is 4.12. The largest absolute Gasteiger partial charge is 0.322 e. The first-order valence-corrected chi connectivity index (χ1v) is 9.68. The second kappa shape index (κ2) is 7.69. The maximum absolute atomic E-state index is 12.7. The van der Waals surface area contributed by atoms with Gasteiger partial charge in [-0.2, -0.15) is 11.3 Å². The van der Waals surface area contributed by atoms with Crippen molar-refractivity contribution in [1.82, 2.24) is 0 Å². The topological polar surface area (TPSA) is 29.1 Å². The molecule has 0 saturated heterocycles. The molecule has 0 aliphatic rings. The average molecular weight is 354 g/mol. The van der Waals surface area contributed by atoms with Crippen LogP contribution in [-0.2, 0) is 5.75 Å². The quantitative estimate of drug-likeness (QED) is 0.578. The molecule has 2 aromatic carbocycles. The Morgan fingerprint density at radius 1 is 1.08 bits per heavy atom. The number of aryl methyl sites for hydroxylation is 2. The maximum atomic E-state index is 12.7. The van der Waals surface area contributed by atoms with Crippen molar-refractivity contribution in [3.8, 4) is 0 Å². The van der Waals surface area contributed by atoms with Gasteiger partial charge in [0.05, 0.1) is 5.56 Å². The first-order valence-electron chi connectivity index (χ1n) is 7.75. The number of thiophene rings is 1. The highest BCUT2D eigenvalue weighted by Gasteiger charge is 2.12. The molecule has 0 bridgehead atoms. The van der Waals surface area contributed by atoms with Gasteiger partial charge in [-0.15, -0.1) is 11.8 Å². The number of hydrogen-bond acceptors (Lipinski definition) is 3. The van der Waals surface area contributed by atoms with Gasteiger partial charge >= 0.3 is 0 Å². The molecule has 0 saturated carbocycles. The van der Waals surface area contributed by atoms with Crippen LogP contribution in [0.1, 0.15) is 27.0 Å². The highest BCUT2D eigenvalue weighted by molar-refractivity contribution is 7.98. The molecule has 1 N–H and O–H groups in total. The van der Waals surface area contributed by atoms with Gasteiger partial charge in [-0.05, 0) is 71.6 Å². The summed E-state index contributed by atoms with van der Waals surface area (Å²) in [6, 6.07) is 15.9. The van der Waals surface area contributed by atoms with E-state index in [1.165, 1.54) is 16.7 Å². The van der Waals surface area contributed by atoms with Crippen LogP contribution < -0.4 is 5.32 Å². The number of hydrogen-bond donors (Lipinski definition) is 1. The Kier molecular flexibility index (Phi) is 5.38. The number of anilines is 1. The fourth-order valence-electron chi connectivity index (χ4n) is 2.33. The summed E-state index contributed by atoms with van der Waals surface area (Å²) < 4.78 is 0. The van der Waals surface area contributed by atoms with Gasteiger partial charge in [0, 0.05) is 16.3 Å². The van der Waals surface area contributed by atoms with Crippen LogP contribution in [0.25, 0.3) is 0 Å². The van der Waals surface area contributed by atoms with Crippen LogP contribution in [0.3, 0.4) is 0 Å². The Morgan fingerprint density at radius 2 is 1.92 bits per heavy atom. The third-order valence-corrected chi connectivity index (χ3v) is 5.75. The fraction of sp³-hybridized carbons (Fsp3) is 0.150. The minimum Gasteiger partial charge on any atom is -0.322 e. The first-order chi connectivity index (χ1) is 11.6. The van der Waals surface area contributed by atoms with E-state index in [-0.39, 0.29) is 5.91 Å². The minimum absolute atomic E-state index is 0.0633. The average Bonchev–Trinajstić information content (AvgIpc) is 3.10.